The molecule has 208 valence electrons. The number of hydrogen-bond donors (Lipinski definition) is 2. The molecule has 3 fully saturated rings. The Hall–Kier alpha value is -3.26. The number of aromatic nitrogens is 3. The number of rotatable bonds is 7. The Balaban J connectivity index is 1.32. The first-order chi connectivity index (χ1) is 17.8. The summed E-state index contributed by atoms with van der Waals surface area (Å²) in [6, 6.07) is -2.09. The lowest BCUT2D eigenvalue weighted by molar-refractivity contribution is -0.149. The van der Waals surface area contributed by atoms with E-state index in [0.717, 1.165) is 4.90 Å². The lowest BCUT2D eigenvalue weighted by atomic mass is 9.81. The quantitative estimate of drug-likeness (QED) is 0.504. The van der Waals surface area contributed by atoms with Crippen LogP contribution in [0.3, 0.4) is 0 Å². The topological polar surface area (TPSA) is 101 Å². The van der Waals surface area contributed by atoms with Crippen molar-refractivity contribution >= 4 is 17.8 Å². The Labute approximate surface area is 212 Å². The summed E-state index contributed by atoms with van der Waals surface area (Å²) in [5.41, 5.74) is -0.493. The molecular weight excluding hydrogens is 522 g/mol. The van der Waals surface area contributed by atoms with E-state index >= 15 is 0 Å². The number of alkyl carbamates (subject to hydrolysis) is 1. The highest BCUT2D eigenvalue weighted by molar-refractivity contribution is 5.77. The third-order valence-electron chi connectivity index (χ3n) is 7.23. The van der Waals surface area contributed by atoms with Crippen LogP contribution in [-0.2, 0) is 11.3 Å². The van der Waals surface area contributed by atoms with Gasteiger partial charge in [0.2, 0.25) is 5.92 Å². The molecule has 0 radical (unpaired) electrons. The van der Waals surface area contributed by atoms with Gasteiger partial charge in [-0.2, -0.15) is 18.3 Å². The van der Waals surface area contributed by atoms with E-state index in [4.69, 9.17) is 4.74 Å². The molecule has 2 aromatic rings. The molecule has 2 aliphatic carbocycles. The molecule has 0 aromatic carbocycles. The molecule has 2 aromatic heterocycles. The molecule has 15 heteroatoms. The van der Waals surface area contributed by atoms with Gasteiger partial charge in [0.25, 0.3) is 0 Å². The van der Waals surface area contributed by atoms with Gasteiger partial charge in [-0.15, -0.1) is 0 Å². The molecule has 9 nitrogen and oxygen atoms in total. The number of nitrogens with zero attached hydrogens (tertiary/aromatic N) is 4. The first kappa shape index (κ1) is 26.4. The summed E-state index contributed by atoms with van der Waals surface area (Å²) in [5, 5.41) is 8.75. The number of nitrogens with one attached hydrogen (secondary N) is 2. The summed E-state index contributed by atoms with van der Waals surface area (Å²) in [6.07, 6.45) is -2.45. The van der Waals surface area contributed by atoms with Crippen molar-refractivity contribution in [2.24, 2.45) is 5.92 Å². The minimum atomic E-state index is -4.57. The third kappa shape index (κ3) is 5.90. The van der Waals surface area contributed by atoms with Gasteiger partial charge in [-0.25, -0.2) is 32.3 Å². The molecule has 1 aliphatic heterocycles. The lowest BCUT2D eigenvalue weighted by Gasteiger charge is -2.33. The van der Waals surface area contributed by atoms with Crippen LogP contribution in [0.1, 0.15) is 55.8 Å². The van der Waals surface area contributed by atoms with Gasteiger partial charge in [0.1, 0.15) is 18.3 Å². The highest BCUT2D eigenvalue weighted by Gasteiger charge is 2.47. The average Bonchev–Trinajstić information content (AvgIpc) is 3.25. The van der Waals surface area contributed by atoms with E-state index < -0.39 is 55.1 Å². The van der Waals surface area contributed by atoms with Gasteiger partial charge in [0, 0.05) is 19.4 Å². The van der Waals surface area contributed by atoms with Crippen molar-refractivity contribution in [2.75, 3.05) is 13.2 Å². The number of hydrogen-bond acceptors (Lipinski definition) is 5. The molecule has 3 amide bonds. The minimum absolute atomic E-state index is 0.113. The number of alkyl halides is 6. The molecule has 38 heavy (non-hydrogen) atoms. The smallest absolute Gasteiger partial charge is 0.410 e. The monoisotopic (exact) mass is 548 g/mol. The van der Waals surface area contributed by atoms with E-state index in [9.17, 15) is 35.9 Å². The second-order valence-corrected chi connectivity index (χ2v) is 10.3. The van der Waals surface area contributed by atoms with Gasteiger partial charge >= 0.3 is 18.3 Å². The third-order valence-corrected chi connectivity index (χ3v) is 7.23. The molecule has 0 unspecified atom stereocenters. The molecule has 0 spiro atoms. The number of carbonyl (C=O) groups is 2. The van der Waals surface area contributed by atoms with E-state index in [1.807, 2.05) is 5.32 Å². The molecule has 0 bridgehead atoms. The predicted octanol–water partition coefficient (Wildman–Crippen LogP) is 4.28. The van der Waals surface area contributed by atoms with Gasteiger partial charge in [-0.1, -0.05) is 0 Å². The number of carbonyl (C=O) groups excluding carboxylic acids is 2. The fourth-order valence-corrected chi connectivity index (χ4v) is 4.77. The van der Waals surface area contributed by atoms with Crippen LogP contribution in [0.4, 0.5) is 35.9 Å². The highest BCUT2D eigenvalue weighted by Crippen LogP contribution is 2.42. The largest absolute Gasteiger partial charge is 0.446 e. The van der Waals surface area contributed by atoms with Crippen LogP contribution in [0, 0.1) is 5.92 Å². The van der Waals surface area contributed by atoms with Gasteiger partial charge in [0.15, 0.2) is 5.65 Å². The fourth-order valence-electron chi connectivity index (χ4n) is 4.77. The summed E-state index contributed by atoms with van der Waals surface area (Å²) in [5.74, 6) is -3.18. The average molecular weight is 548 g/mol. The van der Waals surface area contributed by atoms with Crippen molar-refractivity contribution in [1.82, 2.24) is 30.1 Å². The van der Waals surface area contributed by atoms with Crippen LogP contribution >= 0.6 is 0 Å². The van der Waals surface area contributed by atoms with E-state index in [0.29, 0.717) is 24.1 Å². The van der Waals surface area contributed by atoms with Crippen molar-refractivity contribution in [2.45, 2.75) is 74.9 Å². The summed E-state index contributed by atoms with van der Waals surface area (Å²) < 4.78 is 86.7. The van der Waals surface area contributed by atoms with Crippen LogP contribution in [0.25, 0.3) is 5.65 Å². The molecule has 2 saturated carbocycles. The maximum Gasteiger partial charge on any atom is 0.410 e. The zero-order valence-corrected chi connectivity index (χ0v) is 20.1. The Kier molecular flexibility index (Phi) is 6.58. The summed E-state index contributed by atoms with van der Waals surface area (Å²) >= 11 is 0. The van der Waals surface area contributed by atoms with Crippen LogP contribution in [0.15, 0.2) is 18.5 Å². The van der Waals surface area contributed by atoms with Gasteiger partial charge in [0.05, 0.1) is 30.7 Å². The Bertz CT molecular complexity index is 1210. The molecular formula is C23H26F6N6O3. The lowest BCUT2D eigenvalue weighted by Crippen LogP contribution is -2.40. The Morgan fingerprint density at radius 1 is 1.21 bits per heavy atom. The SMILES string of the molecule is O=C(N[C@H](c1cn2ncc(CN3C[C@@H](C(F)(F)F)NC3=O)cc2n1)C1CCC(F)(F)CC1)OCC1(F)CC1. The maximum atomic E-state index is 13.9. The maximum absolute atomic E-state index is 13.9. The second-order valence-electron chi connectivity index (χ2n) is 10.3. The van der Waals surface area contributed by atoms with E-state index in [2.05, 4.69) is 15.4 Å². The summed E-state index contributed by atoms with van der Waals surface area (Å²) in [7, 11) is 0. The predicted molar refractivity (Wildman–Crippen MR) is 119 cm³/mol. The van der Waals surface area contributed by atoms with Gasteiger partial charge < -0.3 is 20.3 Å². The first-order valence-corrected chi connectivity index (χ1v) is 12.3. The summed E-state index contributed by atoms with van der Waals surface area (Å²) in [4.78, 5) is 29.9. The molecule has 2 atom stereocenters. The number of fused-ring (bicyclic) bond motifs is 1. The van der Waals surface area contributed by atoms with Crippen molar-refractivity contribution in [3.05, 3.63) is 29.7 Å². The molecule has 2 N–H and O–H groups in total. The van der Waals surface area contributed by atoms with Crippen molar-refractivity contribution in [1.29, 1.82) is 0 Å². The standard InChI is InChI=1S/C23H26F6N6O3/c24-21(5-6-21)12-38-20(37)33-18(14-1-3-22(25,26)4-2-14)15-10-35-17(31-15)7-13(8-30-35)9-34-11-16(23(27,28)29)32-19(34)36/h7-8,10,14,16,18H,1-6,9,11-12H2,(H,32,36)(H,33,37)/t16-,18-/m0/s1. The number of halogens is 6. The highest BCUT2D eigenvalue weighted by atomic mass is 19.4. The molecule has 1 saturated heterocycles. The van der Waals surface area contributed by atoms with Crippen molar-refractivity contribution in [3.63, 3.8) is 0 Å². The number of imidazole rings is 1. The minimum Gasteiger partial charge on any atom is -0.446 e. The van der Waals surface area contributed by atoms with Crippen molar-refractivity contribution < 1.29 is 40.7 Å². The van der Waals surface area contributed by atoms with Crippen LogP contribution in [-0.4, -0.2) is 68.6 Å². The zero-order chi connectivity index (χ0) is 27.3. The zero-order valence-electron chi connectivity index (χ0n) is 20.1. The number of ether oxygens (including phenoxy) is 1. The van der Waals surface area contributed by atoms with E-state index in [-0.39, 0.29) is 43.8 Å². The van der Waals surface area contributed by atoms with Crippen LogP contribution in [0.2, 0.25) is 0 Å². The fraction of sp³-hybridized carbons (Fsp3) is 0.652. The number of urea groups is 1. The molecule has 5 rings (SSSR count). The second kappa shape index (κ2) is 9.49. The Morgan fingerprint density at radius 3 is 2.55 bits per heavy atom. The van der Waals surface area contributed by atoms with Crippen LogP contribution in [0.5, 0.6) is 0 Å². The van der Waals surface area contributed by atoms with E-state index in [1.54, 1.807) is 0 Å². The number of amides is 3. The van der Waals surface area contributed by atoms with E-state index in [1.165, 1.54) is 23.0 Å². The Morgan fingerprint density at radius 2 is 1.92 bits per heavy atom. The first-order valence-electron chi connectivity index (χ1n) is 12.3. The van der Waals surface area contributed by atoms with Crippen LogP contribution < -0.4 is 10.6 Å². The van der Waals surface area contributed by atoms with Gasteiger partial charge in [-0.05, 0) is 43.2 Å². The van der Waals surface area contributed by atoms with Gasteiger partial charge in [-0.3, -0.25) is 0 Å². The van der Waals surface area contributed by atoms with Crippen molar-refractivity contribution in [3.8, 4) is 0 Å². The molecule has 3 aliphatic rings. The molecule has 3 heterocycles. The normalized spacial score (nSPS) is 23.8. The summed E-state index contributed by atoms with van der Waals surface area (Å²) in [6.45, 7) is -1.09.